The van der Waals surface area contributed by atoms with Crippen molar-refractivity contribution in [3.63, 3.8) is 0 Å². The van der Waals surface area contributed by atoms with E-state index < -0.39 is 16.6 Å². The van der Waals surface area contributed by atoms with Gasteiger partial charge in [-0.1, -0.05) is 23.7 Å². The molecule has 7 heteroatoms. The van der Waals surface area contributed by atoms with Gasteiger partial charge in [0.25, 0.3) is 5.69 Å². The number of anilines is 1. The van der Waals surface area contributed by atoms with Crippen molar-refractivity contribution in [2.24, 2.45) is 0 Å². The molecular weight excluding hydrogens is 290 g/mol. The Morgan fingerprint density at radius 3 is 2.45 bits per heavy atom. The number of hydrogen-bond donors (Lipinski definition) is 1. The molecule has 0 atom stereocenters. The minimum Gasteiger partial charge on any atom is -0.376 e. The molecule has 2 rings (SSSR count). The largest absolute Gasteiger partial charge is 0.376 e. The number of halogens is 3. The molecular formula is C13H9ClF2N2O2. The molecule has 0 aliphatic heterocycles. The van der Waals surface area contributed by atoms with Crippen LogP contribution in [0, 0.1) is 21.7 Å². The SMILES string of the molecule is O=[N+]([O-])c1cc(CNc2c(F)cccc2F)ccc1Cl. The molecule has 0 spiro atoms. The van der Waals surface area contributed by atoms with Gasteiger partial charge >= 0.3 is 0 Å². The monoisotopic (exact) mass is 298 g/mol. The summed E-state index contributed by atoms with van der Waals surface area (Å²) >= 11 is 5.68. The zero-order chi connectivity index (χ0) is 14.7. The molecule has 104 valence electrons. The Labute approximate surface area is 118 Å². The molecule has 0 saturated heterocycles. The molecule has 20 heavy (non-hydrogen) atoms. The summed E-state index contributed by atoms with van der Waals surface area (Å²) in [6.45, 7) is 0.0376. The standard InChI is InChI=1S/C13H9ClF2N2O2/c14-9-5-4-8(6-12(9)18(19)20)7-17-13-10(15)2-1-3-11(13)16/h1-6,17H,7H2. The third-order valence-electron chi connectivity index (χ3n) is 2.64. The van der Waals surface area contributed by atoms with Crippen molar-refractivity contribution in [1.29, 1.82) is 0 Å². The van der Waals surface area contributed by atoms with Crippen molar-refractivity contribution in [2.45, 2.75) is 6.54 Å². The highest BCUT2D eigenvalue weighted by atomic mass is 35.5. The highest BCUT2D eigenvalue weighted by molar-refractivity contribution is 6.32. The fourth-order valence-corrected chi connectivity index (χ4v) is 1.85. The zero-order valence-corrected chi connectivity index (χ0v) is 10.8. The van der Waals surface area contributed by atoms with Crippen molar-refractivity contribution < 1.29 is 13.7 Å². The van der Waals surface area contributed by atoms with Gasteiger partial charge in [0.1, 0.15) is 22.3 Å². The number of rotatable bonds is 4. The number of nitro benzene ring substituents is 1. The van der Waals surface area contributed by atoms with Crippen LogP contribution in [0.3, 0.4) is 0 Å². The fourth-order valence-electron chi connectivity index (χ4n) is 1.67. The second-order valence-corrected chi connectivity index (χ2v) is 4.40. The molecule has 0 bridgehead atoms. The van der Waals surface area contributed by atoms with Crippen LogP contribution in [-0.2, 0) is 6.54 Å². The van der Waals surface area contributed by atoms with E-state index in [0.29, 0.717) is 5.56 Å². The number of nitro groups is 1. The predicted molar refractivity (Wildman–Crippen MR) is 71.8 cm³/mol. The van der Waals surface area contributed by atoms with Crippen molar-refractivity contribution in [3.8, 4) is 0 Å². The van der Waals surface area contributed by atoms with Crippen LogP contribution in [0.1, 0.15) is 5.56 Å². The second-order valence-electron chi connectivity index (χ2n) is 3.99. The van der Waals surface area contributed by atoms with Crippen molar-refractivity contribution in [3.05, 3.63) is 68.7 Å². The van der Waals surface area contributed by atoms with Crippen molar-refractivity contribution in [1.82, 2.24) is 0 Å². The topological polar surface area (TPSA) is 55.2 Å². The number of nitrogens with one attached hydrogen (secondary N) is 1. The van der Waals surface area contributed by atoms with Crippen LogP contribution in [0.4, 0.5) is 20.2 Å². The number of para-hydroxylation sites is 1. The summed E-state index contributed by atoms with van der Waals surface area (Å²) in [6.07, 6.45) is 0. The second kappa shape index (κ2) is 5.83. The molecule has 0 fully saturated rings. The van der Waals surface area contributed by atoms with E-state index in [2.05, 4.69) is 5.32 Å². The quantitative estimate of drug-likeness (QED) is 0.682. The Balaban J connectivity index is 2.19. The Morgan fingerprint density at radius 1 is 1.20 bits per heavy atom. The average Bonchev–Trinajstić information content (AvgIpc) is 2.39. The molecule has 0 radical (unpaired) electrons. The third kappa shape index (κ3) is 3.03. The van der Waals surface area contributed by atoms with Gasteiger partial charge in [0.2, 0.25) is 0 Å². The van der Waals surface area contributed by atoms with Gasteiger partial charge in [-0.2, -0.15) is 0 Å². The normalized spacial score (nSPS) is 10.3. The molecule has 2 aromatic carbocycles. The maximum Gasteiger partial charge on any atom is 0.288 e. The van der Waals surface area contributed by atoms with Gasteiger partial charge in [-0.05, 0) is 23.8 Å². The van der Waals surface area contributed by atoms with Crippen LogP contribution in [0.15, 0.2) is 36.4 Å². The lowest BCUT2D eigenvalue weighted by Gasteiger charge is -2.08. The van der Waals surface area contributed by atoms with E-state index >= 15 is 0 Å². The van der Waals surface area contributed by atoms with Gasteiger partial charge in [-0.15, -0.1) is 0 Å². The maximum absolute atomic E-state index is 13.4. The van der Waals surface area contributed by atoms with Crippen molar-refractivity contribution >= 4 is 23.0 Å². The van der Waals surface area contributed by atoms with E-state index in [0.717, 1.165) is 12.1 Å². The van der Waals surface area contributed by atoms with E-state index in [1.807, 2.05) is 0 Å². The summed E-state index contributed by atoms with van der Waals surface area (Å²) in [7, 11) is 0. The van der Waals surface area contributed by atoms with Crippen LogP contribution in [0.2, 0.25) is 5.02 Å². The molecule has 0 aromatic heterocycles. The Bertz CT molecular complexity index is 645. The summed E-state index contributed by atoms with van der Waals surface area (Å²) in [4.78, 5) is 10.1. The fraction of sp³-hybridized carbons (Fsp3) is 0.0769. The first-order chi connectivity index (χ1) is 9.49. The van der Waals surface area contributed by atoms with E-state index in [1.54, 1.807) is 6.07 Å². The highest BCUT2D eigenvalue weighted by Gasteiger charge is 2.13. The molecule has 0 heterocycles. The van der Waals surface area contributed by atoms with E-state index in [4.69, 9.17) is 11.6 Å². The van der Waals surface area contributed by atoms with Crippen LogP contribution < -0.4 is 5.32 Å². The first-order valence-corrected chi connectivity index (χ1v) is 5.97. The molecule has 0 saturated carbocycles. The van der Waals surface area contributed by atoms with Crippen LogP contribution in [-0.4, -0.2) is 4.92 Å². The summed E-state index contributed by atoms with van der Waals surface area (Å²) in [5, 5.41) is 13.3. The molecule has 0 aliphatic rings. The first kappa shape index (κ1) is 14.2. The molecule has 0 amide bonds. The molecule has 0 unspecified atom stereocenters. The summed E-state index contributed by atoms with van der Waals surface area (Å²) in [6, 6.07) is 7.66. The Morgan fingerprint density at radius 2 is 1.85 bits per heavy atom. The molecule has 1 N–H and O–H groups in total. The minimum absolute atomic E-state index is 0.0100. The van der Waals surface area contributed by atoms with E-state index in [-0.39, 0.29) is 22.9 Å². The number of nitrogens with zero attached hydrogens (tertiary/aromatic N) is 1. The van der Waals surface area contributed by atoms with Gasteiger partial charge in [0, 0.05) is 12.6 Å². The van der Waals surface area contributed by atoms with Crippen LogP contribution in [0.5, 0.6) is 0 Å². The maximum atomic E-state index is 13.4. The van der Waals surface area contributed by atoms with Gasteiger partial charge in [0.15, 0.2) is 0 Å². The summed E-state index contributed by atoms with van der Waals surface area (Å²) in [5.41, 5.74) is -0.0335. The number of benzene rings is 2. The van der Waals surface area contributed by atoms with Crippen molar-refractivity contribution in [2.75, 3.05) is 5.32 Å². The summed E-state index contributed by atoms with van der Waals surface area (Å²) < 4.78 is 26.8. The smallest absolute Gasteiger partial charge is 0.288 e. The molecule has 0 aliphatic carbocycles. The first-order valence-electron chi connectivity index (χ1n) is 5.59. The van der Waals surface area contributed by atoms with Crippen LogP contribution >= 0.6 is 11.6 Å². The van der Waals surface area contributed by atoms with E-state index in [9.17, 15) is 18.9 Å². The molecule has 2 aromatic rings. The van der Waals surface area contributed by atoms with Gasteiger partial charge in [-0.25, -0.2) is 8.78 Å². The Hall–Kier alpha value is -2.21. The third-order valence-corrected chi connectivity index (χ3v) is 2.96. The lowest BCUT2D eigenvalue weighted by atomic mass is 10.2. The minimum atomic E-state index is -0.728. The van der Waals surface area contributed by atoms with Gasteiger partial charge in [0.05, 0.1) is 4.92 Å². The van der Waals surface area contributed by atoms with Crippen LogP contribution in [0.25, 0.3) is 0 Å². The zero-order valence-electron chi connectivity index (χ0n) is 10.1. The number of hydrogen-bond acceptors (Lipinski definition) is 3. The predicted octanol–water partition coefficient (Wildman–Crippen LogP) is 4.14. The van der Waals surface area contributed by atoms with Gasteiger partial charge < -0.3 is 5.32 Å². The van der Waals surface area contributed by atoms with Gasteiger partial charge in [-0.3, -0.25) is 10.1 Å². The lowest BCUT2D eigenvalue weighted by Crippen LogP contribution is -2.04. The molecule has 4 nitrogen and oxygen atoms in total. The average molecular weight is 299 g/mol. The Kier molecular flexibility index (Phi) is 4.14. The summed E-state index contributed by atoms with van der Waals surface area (Å²) in [5.74, 6) is -1.46. The highest BCUT2D eigenvalue weighted by Crippen LogP contribution is 2.26. The lowest BCUT2D eigenvalue weighted by molar-refractivity contribution is -0.384. The van der Waals surface area contributed by atoms with E-state index in [1.165, 1.54) is 18.2 Å².